The van der Waals surface area contributed by atoms with Gasteiger partial charge < -0.3 is 19.3 Å². The van der Waals surface area contributed by atoms with Crippen LogP contribution in [0.2, 0.25) is 20.1 Å². The fourth-order valence-corrected chi connectivity index (χ4v) is 4.82. The summed E-state index contributed by atoms with van der Waals surface area (Å²) in [5, 5.41) is 12.5. The van der Waals surface area contributed by atoms with Crippen molar-refractivity contribution in [3.8, 4) is 11.5 Å². The topological polar surface area (TPSA) is 65.0 Å². The molecule has 1 aliphatic rings. The molecule has 0 aliphatic carbocycles. The zero-order valence-electron chi connectivity index (χ0n) is 19.6. The molecule has 4 rings (SSSR count). The Morgan fingerprint density at radius 1 is 0.861 bits per heavy atom. The molecule has 0 spiro atoms. The number of halogens is 4. The third-order valence-electron chi connectivity index (χ3n) is 6.12. The molecule has 1 fully saturated rings. The van der Waals surface area contributed by atoms with Crippen LogP contribution in [-0.2, 0) is 22.7 Å². The minimum absolute atomic E-state index is 0.143. The van der Waals surface area contributed by atoms with Crippen molar-refractivity contribution in [2.24, 2.45) is 5.92 Å². The van der Waals surface area contributed by atoms with Crippen LogP contribution >= 0.6 is 46.4 Å². The lowest BCUT2D eigenvalue weighted by Gasteiger charge is -2.34. The number of hydrogen-bond acceptors (Lipinski definition) is 5. The second-order valence-electron chi connectivity index (χ2n) is 8.78. The summed E-state index contributed by atoms with van der Waals surface area (Å²) in [6.45, 7) is 4.38. The second-order valence-corrected chi connectivity index (χ2v) is 10.4. The number of aryl methyl sites for hydroxylation is 1. The minimum Gasteiger partial charge on any atom is -0.485 e. The van der Waals surface area contributed by atoms with Gasteiger partial charge >= 0.3 is 5.97 Å². The molecule has 0 aromatic heterocycles. The number of carbonyl (C=O) groups is 1. The first-order chi connectivity index (χ1) is 17.2. The molecule has 3 atom stereocenters. The van der Waals surface area contributed by atoms with Crippen LogP contribution in [0.5, 0.6) is 11.5 Å². The van der Waals surface area contributed by atoms with Gasteiger partial charge in [-0.05, 0) is 47.9 Å². The average Bonchev–Trinajstić information content (AvgIpc) is 2.85. The van der Waals surface area contributed by atoms with E-state index in [1.165, 1.54) is 0 Å². The van der Waals surface area contributed by atoms with Crippen LogP contribution in [0, 0.1) is 12.8 Å². The van der Waals surface area contributed by atoms with Gasteiger partial charge in [0, 0.05) is 17.4 Å². The molecule has 36 heavy (non-hydrogen) atoms. The Morgan fingerprint density at radius 3 is 1.97 bits per heavy atom. The molecule has 9 heteroatoms. The zero-order chi connectivity index (χ0) is 26.0. The highest BCUT2D eigenvalue weighted by Gasteiger charge is 2.40. The molecule has 0 radical (unpaired) electrons. The number of ether oxygens (including phenoxy) is 3. The molecule has 0 bridgehead atoms. The molecule has 1 aliphatic heterocycles. The van der Waals surface area contributed by atoms with Crippen molar-refractivity contribution in [1.82, 2.24) is 0 Å². The van der Waals surface area contributed by atoms with Crippen molar-refractivity contribution in [3.05, 3.63) is 90.9 Å². The van der Waals surface area contributed by atoms with E-state index in [4.69, 9.17) is 60.6 Å². The molecule has 0 unspecified atom stereocenters. The van der Waals surface area contributed by atoms with Crippen LogP contribution in [0.4, 0.5) is 0 Å². The van der Waals surface area contributed by atoms with Gasteiger partial charge in [0.05, 0.1) is 26.7 Å². The molecular formula is C27H24Cl4O5. The lowest BCUT2D eigenvalue weighted by atomic mass is 9.80. The Bertz CT molecular complexity index is 1280. The second kappa shape index (κ2) is 11.5. The van der Waals surface area contributed by atoms with Gasteiger partial charge in [0.2, 0.25) is 0 Å². The SMILES string of the molecule is Cc1ccc([C@H]2[C@H](C)COC(=O)[C@H]2O)c(OCc2ccc(Cl)c(Cl)c2)c1OCc1ccc(Cl)c(Cl)c1. The maximum Gasteiger partial charge on any atom is 0.335 e. The third-order valence-corrected chi connectivity index (χ3v) is 7.59. The molecule has 3 aromatic rings. The first-order valence-electron chi connectivity index (χ1n) is 11.3. The number of carbonyl (C=O) groups excluding carboxylic acids is 1. The molecule has 1 saturated heterocycles. The van der Waals surface area contributed by atoms with Gasteiger partial charge in [-0.3, -0.25) is 0 Å². The van der Waals surface area contributed by atoms with Crippen molar-refractivity contribution >= 4 is 52.4 Å². The third kappa shape index (κ3) is 5.87. The number of cyclic esters (lactones) is 1. The first-order valence-corrected chi connectivity index (χ1v) is 12.8. The van der Waals surface area contributed by atoms with E-state index in [0.717, 1.165) is 16.7 Å². The van der Waals surface area contributed by atoms with E-state index in [0.29, 0.717) is 37.2 Å². The number of benzene rings is 3. The highest BCUT2D eigenvalue weighted by atomic mass is 35.5. The summed E-state index contributed by atoms with van der Waals surface area (Å²) in [7, 11) is 0. The number of hydrogen-bond donors (Lipinski definition) is 1. The Labute approximate surface area is 229 Å². The largest absolute Gasteiger partial charge is 0.485 e. The highest BCUT2D eigenvalue weighted by molar-refractivity contribution is 6.42. The smallest absolute Gasteiger partial charge is 0.335 e. The van der Waals surface area contributed by atoms with Crippen LogP contribution < -0.4 is 9.47 Å². The van der Waals surface area contributed by atoms with Crippen LogP contribution in [0.25, 0.3) is 0 Å². The van der Waals surface area contributed by atoms with Crippen molar-refractivity contribution in [3.63, 3.8) is 0 Å². The summed E-state index contributed by atoms with van der Waals surface area (Å²) in [4.78, 5) is 12.2. The number of esters is 1. The zero-order valence-corrected chi connectivity index (χ0v) is 22.6. The highest BCUT2D eigenvalue weighted by Crippen LogP contribution is 2.44. The van der Waals surface area contributed by atoms with E-state index >= 15 is 0 Å². The molecule has 0 saturated carbocycles. The summed E-state index contributed by atoms with van der Waals surface area (Å²) < 4.78 is 17.7. The van der Waals surface area contributed by atoms with Crippen molar-refractivity contribution < 1.29 is 24.1 Å². The first kappa shape index (κ1) is 26.9. The Kier molecular flexibility index (Phi) is 8.59. The van der Waals surface area contributed by atoms with E-state index in [1.54, 1.807) is 24.3 Å². The standard InChI is InChI=1S/C27H24Cl4O5/c1-14-3-6-18(23-15(2)11-36-27(33)24(23)32)26(35-13-17-5-8-20(29)22(31)10-17)25(14)34-12-16-4-7-19(28)21(30)9-16/h3-10,15,23-24,32H,11-13H2,1-2H3/t15-,23-,24+/m1/s1. The average molecular weight is 570 g/mol. The quantitative estimate of drug-likeness (QED) is 0.300. The van der Waals surface area contributed by atoms with E-state index in [2.05, 4.69) is 0 Å². The van der Waals surface area contributed by atoms with Crippen LogP contribution in [0.3, 0.4) is 0 Å². The Morgan fingerprint density at radius 2 is 1.42 bits per heavy atom. The summed E-state index contributed by atoms with van der Waals surface area (Å²) >= 11 is 24.4. The maximum atomic E-state index is 12.2. The number of rotatable bonds is 7. The lowest BCUT2D eigenvalue weighted by molar-refractivity contribution is -0.164. The van der Waals surface area contributed by atoms with Crippen molar-refractivity contribution in [2.75, 3.05) is 6.61 Å². The molecule has 190 valence electrons. The van der Waals surface area contributed by atoms with Gasteiger partial charge in [-0.1, -0.05) is 77.6 Å². The fraction of sp³-hybridized carbons (Fsp3) is 0.296. The van der Waals surface area contributed by atoms with Gasteiger partial charge in [0.25, 0.3) is 0 Å². The summed E-state index contributed by atoms with van der Waals surface area (Å²) in [5.74, 6) is -0.408. The fourth-order valence-electron chi connectivity index (χ4n) is 4.17. The Balaban J connectivity index is 1.72. The normalized spacial score (nSPS) is 19.6. The monoisotopic (exact) mass is 568 g/mol. The number of aliphatic hydroxyl groups excluding tert-OH is 1. The van der Waals surface area contributed by atoms with Gasteiger partial charge in [-0.25, -0.2) is 4.79 Å². The predicted molar refractivity (Wildman–Crippen MR) is 142 cm³/mol. The molecule has 3 aromatic carbocycles. The van der Waals surface area contributed by atoms with Crippen LogP contribution in [0.15, 0.2) is 48.5 Å². The summed E-state index contributed by atoms with van der Waals surface area (Å²) in [6.07, 6.45) is -1.33. The van der Waals surface area contributed by atoms with Crippen LogP contribution in [-0.4, -0.2) is 23.8 Å². The van der Waals surface area contributed by atoms with Crippen molar-refractivity contribution in [2.45, 2.75) is 39.1 Å². The van der Waals surface area contributed by atoms with Crippen molar-refractivity contribution in [1.29, 1.82) is 0 Å². The predicted octanol–water partition coefficient (Wildman–Crippen LogP) is 7.40. The molecule has 1 heterocycles. The maximum absolute atomic E-state index is 12.2. The molecule has 0 amide bonds. The van der Waals surface area contributed by atoms with Gasteiger partial charge in [0.15, 0.2) is 17.6 Å². The molecule has 1 N–H and O–H groups in total. The van der Waals surface area contributed by atoms with E-state index < -0.39 is 18.0 Å². The lowest BCUT2D eigenvalue weighted by Crippen LogP contribution is -2.41. The summed E-state index contributed by atoms with van der Waals surface area (Å²) in [5.41, 5.74) is 3.09. The van der Waals surface area contributed by atoms with Gasteiger partial charge in [-0.2, -0.15) is 0 Å². The minimum atomic E-state index is -1.33. The molecular weight excluding hydrogens is 546 g/mol. The Hall–Kier alpha value is -2.15. The molecule has 5 nitrogen and oxygen atoms in total. The van der Waals surface area contributed by atoms with Gasteiger partial charge in [0.1, 0.15) is 13.2 Å². The van der Waals surface area contributed by atoms with Crippen LogP contribution in [0.1, 0.15) is 35.1 Å². The summed E-state index contributed by atoms with van der Waals surface area (Å²) in [6, 6.07) is 14.2. The van der Waals surface area contributed by atoms with E-state index in [9.17, 15) is 9.90 Å². The van der Waals surface area contributed by atoms with Gasteiger partial charge in [-0.15, -0.1) is 0 Å². The number of aliphatic hydroxyl groups is 1. The van der Waals surface area contributed by atoms with E-state index in [1.807, 2.05) is 38.1 Å². The van der Waals surface area contributed by atoms with E-state index in [-0.39, 0.29) is 25.7 Å².